The van der Waals surface area contributed by atoms with E-state index in [-0.39, 0.29) is 6.03 Å². The lowest BCUT2D eigenvalue weighted by Gasteiger charge is -2.20. The Labute approximate surface area is 112 Å². The third-order valence-electron chi connectivity index (χ3n) is 2.51. The number of thiazole rings is 1. The zero-order valence-electron chi connectivity index (χ0n) is 9.75. The van der Waals surface area contributed by atoms with E-state index in [1.54, 1.807) is 6.20 Å². The Morgan fingerprint density at radius 3 is 3.06 bits per heavy atom. The predicted octanol–water partition coefficient (Wildman–Crippen LogP) is 1.12. The third kappa shape index (κ3) is 2.94. The van der Waals surface area contributed by atoms with Crippen LogP contribution in [0.4, 0.5) is 4.79 Å². The lowest BCUT2D eigenvalue weighted by molar-refractivity contribution is -0.140. The molecule has 0 aliphatic carbocycles. The van der Waals surface area contributed by atoms with Gasteiger partial charge < -0.3 is 15.3 Å². The topological polar surface area (TPSA) is 82.5 Å². The largest absolute Gasteiger partial charge is 0.480 e. The fraction of sp³-hybridized carbons (Fsp3) is 0.500. The van der Waals surface area contributed by atoms with Crippen molar-refractivity contribution in [2.45, 2.75) is 19.5 Å². The highest BCUT2D eigenvalue weighted by atomic mass is 32.2. The van der Waals surface area contributed by atoms with E-state index in [0.717, 1.165) is 9.88 Å². The maximum Gasteiger partial charge on any atom is 0.327 e. The van der Waals surface area contributed by atoms with Crippen LogP contribution in [0.5, 0.6) is 0 Å². The highest BCUT2D eigenvalue weighted by Crippen LogP contribution is 2.21. The van der Waals surface area contributed by atoms with Gasteiger partial charge in [-0.15, -0.1) is 23.1 Å². The molecular formula is C10H13N3O3S2. The molecule has 0 aromatic carbocycles. The smallest absolute Gasteiger partial charge is 0.327 e. The lowest BCUT2D eigenvalue weighted by Crippen LogP contribution is -2.46. The van der Waals surface area contributed by atoms with Crippen LogP contribution in [0.3, 0.4) is 0 Å². The number of aryl methyl sites for hydroxylation is 1. The van der Waals surface area contributed by atoms with Gasteiger partial charge in [-0.1, -0.05) is 0 Å². The van der Waals surface area contributed by atoms with Gasteiger partial charge in [0.2, 0.25) is 0 Å². The first kappa shape index (κ1) is 13.2. The number of hydrogen-bond acceptors (Lipinski definition) is 5. The van der Waals surface area contributed by atoms with Gasteiger partial charge >= 0.3 is 12.0 Å². The molecule has 0 radical (unpaired) electrons. The summed E-state index contributed by atoms with van der Waals surface area (Å²) >= 11 is 2.96. The van der Waals surface area contributed by atoms with Crippen LogP contribution in [-0.2, 0) is 11.3 Å². The normalized spacial score (nSPS) is 18.9. The van der Waals surface area contributed by atoms with E-state index in [2.05, 4.69) is 10.3 Å². The van der Waals surface area contributed by atoms with Crippen LogP contribution >= 0.6 is 23.1 Å². The Hall–Kier alpha value is -1.28. The van der Waals surface area contributed by atoms with Crippen LogP contribution in [0.25, 0.3) is 0 Å². The van der Waals surface area contributed by atoms with Gasteiger partial charge in [-0.2, -0.15) is 0 Å². The second-order valence-electron chi connectivity index (χ2n) is 3.83. The average molecular weight is 287 g/mol. The van der Waals surface area contributed by atoms with Gasteiger partial charge in [0, 0.05) is 16.8 Å². The van der Waals surface area contributed by atoms with Crippen molar-refractivity contribution in [1.29, 1.82) is 0 Å². The number of rotatable bonds is 3. The van der Waals surface area contributed by atoms with Crippen molar-refractivity contribution < 1.29 is 14.7 Å². The number of aliphatic carboxylic acids is 1. The quantitative estimate of drug-likeness (QED) is 0.870. The lowest BCUT2D eigenvalue weighted by atomic mass is 10.3. The molecule has 1 aromatic rings. The SMILES string of the molecule is Cc1ncc(CNC(=O)N2CSCC2C(=O)O)s1. The van der Waals surface area contributed by atoms with Crippen LogP contribution in [0.2, 0.25) is 0 Å². The number of urea groups is 1. The predicted molar refractivity (Wildman–Crippen MR) is 69.7 cm³/mol. The van der Waals surface area contributed by atoms with Crippen molar-refractivity contribution in [3.05, 3.63) is 16.1 Å². The first-order chi connectivity index (χ1) is 8.58. The number of nitrogens with one attached hydrogen (secondary N) is 1. The molecule has 18 heavy (non-hydrogen) atoms. The average Bonchev–Trinajstić information content (AvgIpc) is 2.94. The molecule has 0 spiro atoms. The van der Waals surface area contributed by atoms with Crippen LogP contribution < -0.4 is 5.32 Å². The Bertz CT molecular complexity index is 463. The van der Waals surface area contributed by atoms with Crippen LogP contribution in [-0.4, -0.2) is 44.7 Å². The summed E-state index contributed by atoms with van der Waals surface area (Å²) in [7, 11) is 0. The molecule has 98 valence electrons. The molecule has 1 atom stereocenters. The first-order valence-corrected chi connectivity index (χ1v) is 7.31. The molecule has 6 nitrogen and oxygen atoms in total. The summed E-state index contributed by atoms with van der Waals surface area (Å²) in [4.78, 5) is 29.2. The number of carbonyl (C=O) groups is 2. The van der Waals surface area contributed by atoms with E-state index >= 15 is 0 Å². The van der Waals surface area contributed by atoms with Gasteiger partial charge in [-0.25, -0.2) is 14.6 Å². The maximum absolute atomic E-state index is 11.9. The van der Waals surface area contributed by atoms with Gasteiger partial charge in [0.1, 0.15) is 6.04 Å². The Morgan fingerprint density at radius 2 is 2.44 bits per heavy atom. The van der Waals surface area contributed by atoms with Crippen molar-refractivity contribution in [2.75, 3.05) is 11.6 Å². The van der Waals surface area contributed by atoms with Crippen molar-refractivity contribution in [3.8, 4) is 0 Å². The highest BCUT2D eigenvalue weighted by molar-refractivity contribution is 7.99. The van der Waals surface area contributed by atoms with E-state index in [1.165, 1.54) is 28.0 Å². The van der Waals surface area contributed by atoms with E-state index in [4.69, 9.17) is 5.11 Å². The summed E-state index contributed by atoms with van der Waals surface area (Å²) in [6.45, 7) is 2.28. The first-order valence-electron chi connectivity index (χ1n) is 5.34. The summed E-state index contributed by atoms with van der Waals surface area (Å²) in [5, 5.41) is 12.6. The number of hydrogen-bond donors (Lipinski definition) is 2. The standard InChI is InChI=1S/C10H13N3O3S2/c1-6-11-2-7(18-6)3-12-10(16)13-5-17-4-8(13)9(14)15/h2,8H,3-5H2,1H3,(H,12,16)(H,14,15). The van der Waals surface area contributed by atoms with Crippen molar-refractivity contribution >= 4 is 35.1 Å². The van der Waals surface area contributed by atoms with Gasteiger partial charge in [-0.3, -0.25) is 0 Å². The van der Waals surface area contributed by atoms with E-state index in [1.807, 2.05) is 6.92 Å². The molecule has 2 rings (SSSR count). The molecule has 1 unspecified atom stereocenters. The third-order valence-corrected chi connectivity index (χ3v) is 4.44. The number of thioether (sulfide) groups is 1. The number of carboxylic acids is 1. The van der Waals surface area contributed by atoms with Crippen LogP contribution in [0.15, 0.2) is 6.20 Å². The Balaban J connectivity index is 1.89. The molecule has 2 heterocycles. The molecule has 2 amide bonds. The van der Waals surface area contributed by atoms with E-state index in [9.17, 15) is 9.59 Å². The summed E-state index contributed by atoms with van der Waals surface area (Å²) in [6.07, 6.45) is 1.72. The van der Waals surface area contributed by atoms with Gasteiger partial charge in [0.25, 0.3) is 0 Å². The number of carbonyl (C=O) groups excluding carboxylic acids is 1. The Kier molecular flexibility index (Phi) is 4.07. The number of carboxylic acid groups (broad SMARTS) is 1. The van der Waals surface area contributed by atoms with Crippen molar-refractivity contribution in [3.63, 3.8) is 0 Å². The minimum absolute atomic E-state index is 0.335. The zero-order valence-corrected chi connectivity index (χ0v) is 11.4. The highest BCUT2D eigenvalue weighted by Gasteiger charge is 2.34. The number of aromatic nitrogens is 1. The molecule has 0 saturated carbocycles. The fourth-order valence-corrected chi connectivity index (χ4v) is 3.48. The molecule has 1 aliphatic rings. The number of nitrogens with zero attached hydrogens (tertiary/aromatic N) is 2. The van der Waals surface area contributed by atoms with E-state index in [0.29, 0.717) is 18.2 Å². The van der Waals surface area contributed by atoms with E-state index < -0.39 is 12.0 Å². The molecule has 1 fully saturated rings. The summed E-state index contributed by atoms with van der Waals surface area (Å²) < 4.78 is 0. The molecule has 2 N–H and O–H groups in total. The van der Waals surface area contributed by atoms with Crippen molar-refractivity contribution in [1.82, 2.24) is 15.2 Å². The molecule has 1 aromatic heterocycles. The van der Waals surface area contributed by atoms with Crippen molar-refractivity contribution in [2.24, 2.45) is 0 Å². The Morgan fingerprint density at radius 1 is 1.67 bits per heavy atom. The second-order valence-corrected chi connectivity index (χ2v) is 6.15. The monoisotopic (exact) mass is 287 g/mol. The maximum atomic E-state index is 11.9. The summed E-state index contributed by atoms with van der Waals surface area (Å²) in [5.41, 5.74) is 0. The molecule has 8 heteroatoms. The van der Waals surface area contributed by atoms with Gasteiger partial charge in [0.05, 0.1) is 17.4 Å². The second kappa shape index (κ2) is 5.57. The molecule has 1 saturated heterocycles. The van der Waals surface area contributed by atoms with Gasteiger partial charge in [0.15, 0.2) is 0 Å². The molecule has 1 aliphatic heterocycles. The minimum Gasteiger partial charge on any atom is -0.480 e. The number of amides is 2. The fourth-order valence-electron chi connectivity index (χ4n) is 1.60. The van der Waals surface area contributed by atoms with Crippen LogP contribution in [0.1, 0.15) is 9.88 Å². The van der Waals surface area contributed by atoms with Gasteiger partial charge in [-0.05, 0) is 6.92 Å². The zero-order chi connectivity index (χ0) is 13.1. The molecular weight excluding hydrogens is 274 g/mol. The van der Waals surface area contributed by atoms with Crippen LogP contribution in [0, 0.1) is 6.92 Å². The summed E-state index contributed by atoms with van der Waals surface area (Å²) in [6, 6.07) is -1.06. The molecule has 0 bridgehead atoms. The summed E-state index contributed by atoms with van der Waals surface area (Å²) in [5.74, 6) is -0.0868. The minimum atomic E-state index is -0.955.